The Morgan fingerprint density at radius 1 is 0.492 bits per heavy atom. The van der Waals surface area contributed by atoms with Gasteiger partial charge in [0, 0.05) is 28.6 Å². The molecule has 1 N–H and O–H groups in total. The van der Waals surface area contributed by atoms with E-state index in [2.05, 4.69) is 207 Å². The highest BCUT2D eigenvalue weighted by Crippen LogP contribution is 2.45. The average Bonchev–Trinajstić information content (AvgIpc) is 3.60. The van der Waals surface area contributed by atoms with Gasteiger partial charge in [-0.2, -0.15) is 0 Å². The molecule has 0 radical (unpaired) electrons. The van der Waals surface area contributed by atoms with Crippen LogP contribution in [0.15, 0.2) is 146 Å². The lowest BCUT2D eigenvalue weighted by atomic mass is 9.79. The van der Waals surface area contributed by atoms with Crippen LogP contribution in [0.25, 0.3) is 72.7 Å². The van der Waals surface area contributed by atoms with E-state index >= 15 is 0 Å². The Labute approximate surface area is 350 Å². The van der Waals surface area contributed by atoms with Gasteiger partial charge in [-0.1, -0.05) is 159 Å². The lowest BCUT2D eigenvalue weighted by Crippen LogP contribution is -2.17. The molecule has 0 amide bonds. The molecule has 0 aliphatic carbocycles. The maximum absolute atomic E-state index is 12.3. The summed E-state index contributed by atoms with van der Waals surface area (Å²) >= 11 is 0. The van der Waals surface area contributed by atoms with Gasteiger partial charge in [0.2, 0.25) is 0 Å². The molecule has 0 atom stereocenters. The standard InChI is InChI=1S/C55H55N3O/c1-35-19-21-38(22-20-35)39-27-28-56-48(32-39)41-29-40(30-42(31-41)53(2,3)4)45-17-14-18-49-50(45)57-52(46-33-43(54(5,6)7)34-47(51(46)59)55(8,9)10)58(49)44-25-23-37(24-26-44)36-15-12-11-13-16-36/h11-34,59H,1-10H3. The Morgan fingerprint density at radius 3 is 1.76 bits per heavy atom. The van der Waals surface area contributed by atoms with Gasteiger partial charge in [-0.15, -0.1) is 0 Å². The lowest BCUT2D eigenvalue weighted by Gasteiger charge is -2.27. The molecule has 296 valence electrons. The first-order valence-electron chi connectivity index (χ1n) is 20.7. The largest absolute Gasteiger partial charge is 0.507 e. The molecule has 0 spiro atoms. The molecule has 0 bridgehead atoms. The molecule has 0 aliphatic rings. The molecule has 8 aromatic rings. The number of aromatic hydroxyl groups is 1. The third-order valence-electron chi connectivity index (χ3n) is 11.5. The zero-order valence-electron chi connectivity index (χ0n) is 36.1. The zero-order valence-corrected chi connectivity index (χ0v) is 36.1. The highest BCUT2D eigenvalue weighted by atomic mass is 16.3. The number of para-hydroxylation sites is 1. The maximum Gasteiger partial charge on any atom is 0.149 e. The van der Waals surface area contributed by atoms with E-state index in [0.29, 0.717) is 5.82 Å². The smallest absolute Gasteiger partial charge is 0.149 e. The highest BCUT2D eigenvalue weighted by Gasteiger charge is 2.29. The van der Waals surface area contributed by atoms with Gasteiger partial charge in [-0.25, -0.2) is 4.98 Å². The number of fused-ring (bicyclic) bond motifs is 1. The maximum atomic E-state index is 12.3. The Hall–Kier alpha value is -6.26. The number of imidazole rings is 1. The normalized spacial score (nSPS) is 12.3. The van der Waals surface area contributed by atoms with Gasteiger partial charge in [0.05, 0.1) is 22.3 Å². The highest BCUT2D eigenvalue weighted by molar-refractivity contribution is 5.97. The summed E-state index contributed by atoms with van der Waals surface area (Å²) in [6.07, 6.45) is 1.91. The van der Waals surface area contributed by atoms with E-state index in [-0.39, 0.29) is 22.0 Å². The first kappa shape index (κ1) is 39.6. The first-order valence-corrected chi connectivity index (χ1v) is 20.7. The van der Waals surface area contributed by atoms with Gasteiger partial charge in [0.15, 0.2) is 0 Å². The molecule has 59 heavy (non-hydrogen) atoms. The molecule has 4 nitrogen and oxygen atoms in total. The van der Waals surface area contributed by atoms with Crippen LogP contribution in [0, 0.1) is 6.92 Å². The molecular formula is C55H55N3O. The summed E-state index contributed by atoms with van der Waals surface area (Å²) in [6, 6.07) is 49.7. The molecule has 2 heterocycles. The Bertz CT molecular complexity index is 2810. The van der Waals surface area contributed by atoms with Crippen LogP contribution in [0.4, 0.5) is 0 Å². The Morgan fingerprint density at radius 2 is 1.10 bits per heavy atom. The van der Waals surface area contributed by atoms with Crippen molar-refractivity contribution in [2.45, 2.75) is 85.5 Å². The number of benzene rings is 6. The number of nitrogens with zero attached hydrogens (tertiary/aromatic N) is 3. The third-order valence-corrected chi connectivity index (χ3v) is 11.5. The quantitative estimate of drug-likeness (QED) is 0.183. The lowest BCUT2D eigenvalue weighted by molar-refractivity contribution is 0.446. The van der Waals surface area contributed by atoms with Crippen LogP contribution in [0.3, 0.4) is 0 Å². The molecule has 8 rings (SSSR count). The summed E-state index contributed by atoms with van der Waals surface area (Å²) < 4.78 is 2.22. The fraction of sp³-hybridized carbons (Fsp3) is 0.236. The SMILES string of the molecule is Cc1ccc(-c2ccnc(-c3cc(-c4cccc5c4nc(-c4cc(C(C)(C)C)cc(C(C)(C)C)c4O)n5-c4ccc(-c5ccccc5)cc4)cc(C(C)(C)C)c3)c2)cc1. The number of hydrogen-bond donors (Lipinski definition) is 1. The van der Waals surface area contributed by atoms with Crippen molar-refractivity contribution in [2.24, 2.45) is 0 Å². The predicted octanol–water partition coefficient (Wildman–Crippen LogP) is 14.7. The van der Waals surface area contributed by atoms with Crippen molar-refractivity contribution in [1.82, 2.24) is 14.5 Å². The zero-order chi connectivity index (χ0) is 41.9. The van der Waals surface area contributed by atoms with Crippen LogP contribution in [-0.4, -0.2) is 19.6 Å². The van der Waals surface area contributed by atoms with Crippen molar-refractivity contribution >= 4 is 11.0 Å². The van der Waals surface area contributed by atoms with Crippen molar-refractivity contribution in [3.05, 3.63) is 168 Å². The van der Waals surface area contributed by atoms with E-state index in [1.165, 1.54) is 16.7 Å². The Kier molecular flexibility index (Phi) is 9.95. The number of phenols is 1. The minimum absolute atomic E-state index is 0.124. The molecule has 6 aromatic carbocycles. The first-order chi connectivity index (χ1) is 28.0. The van der Waals surface area contributed by atoms with Crippen molar-refractivity contribution in [3.8, 4) is 67.5 Å². The van der Waals surface area contributed by atoms with E-state index in [0.717, 1.165) is 72.5 Å². The molecule has 4 heteroatoms. The van der Waals surface area contributed by atoms with E-state index in [1.54, 1.807) is 0 Å². The minimum Gasteiger partial charge on any atom is -0.507 e. The van der Waals surface area contributed by atoms with Gasteiger partial charge >= 0.3 is 0 Å². The number of rotatable bonds is 6. The fourth-order valence-corrected chi connectivity index (χ4v) is 7.90. The van der Waals surface area contributed by atoms with E-state index in [9.17, 15) is 5.11 Å². The summed E-state index contributed by atoms with van der Waals surface area (Å²) in [5, 5.41) is 12.3. The molecule has 0 fully saturated rings. The van der Waals surface area contributed by atoms with Crippen LogP contribution in [0.2, 0.25) is 0 Å². The summed E-state index contributed by atoms with van der Waals surface area (Å²) in [7, 11) is 0. The number of phenolic OH excluding ortho intramolecular Hbond substituents is 1. The van der Waals surface area contributed by atoms with Crippen LogP contribution >= 0.6 is 0 Å². The van der Waals surface area contributed by atoms with Crippen molar-refractivity contribution in [3.63, 3.8) is 0 Å². The van der Waals surface area contributed by atoms with Crippen LogP contribution in [0.1, 0.15) is 84.6 Å². The molecule has 0 unspecified atom stereocenters. The van der Waals surface area contributed by atoms with Gasteiger partial charge in [-0.05, 0) is 111 Å². The van der Waals surface area contributed by atoms with Gasteiger partial charge < -0.3 is 5.11 Å². The molecule has 2 aromatic heterocycles. The number of aryl methyl sites for hydroxylation is 1. The minimum atomic E-state index is -0.298. The fourth-order valence-electron chi connectivity index (χ4n) is 7.90. The second-order valence-electron chi connectivity index (χ2n) is 19.1. The summed E-state index contributed by atoms with van der Waals surface area (Å²) in [5.41, 5.74) is 16.1. The summed E-state index contributed by atoms with van der Waals surface area (Å²) in [6.45, 7) is 22.1. The van der Waals surface area contributed by atoms with Crippen molar-refractivity contribution in [2.75, 3.05) is 0 Å². The second kappa shape index (κ2) is 14.8. The number of pyridine rings is 1. The van der Waals surface area contributed by atoms with Crippen molar-refractivity contribution < 1.29 is 5.11 Å². The van der Waals surface area contributed by atoms with Gasteiger partial charge in [0.1, 0.15) is 11.6 Å². The molecule has 0 aliphatic heterocycles. The van der Waals surface area contributed by atoms with Crippen LogP contribution in [0.5, 0.6) is 5.75 Å². The van der Waals surface area contributed by atoms with Crippen LogP contribution in [-0.2, 0) is 16.2 Å². The monoisotopic (exact) mass is 773 g/mol. The molecule has 0 saturated heterocycles. The Balaban J connectivity index is 1.38. The van der Waals surface area contributed by atoms with E-state index in [1.807, 2.05) is 12.3 Å². The summed E-state index contributed by atoms with van der Waals surface area (Å²) in [5.74, 6) is 0.967. The number of hydrogen-bond acceptors (Lipinski definition) is 3. The van der Waals surface area contributed by atoms with Gasteiger partial charge in [0.25, 0.3) is 0 Å². The topological polar surface area (TPSA) is 50.9 Å². The third kappa shape index (κ3) is 7.84. The van der Waals surface area contributed by atoms with Crippen LogP contribution < -0.4 is 0 Å². The number of aromatic nitrogens is 3. The van der Waals surface area contributed by atoms with E-state index < -0.39 is 0 Å². The van der Waals surface area contributed by atoms with E-state index in [4.69, 9.17) is 9.97 Å². The average molecular weight is 774 g/mol. The van der Waals surface area contributed by atoms with Crippen molar-refractivity contribution in [1.29, 1.82) is 0 Å². The second-order valence-corrected chi connectivity index (χ2v) is 19.1. The molecule has 0 saturated carbocycles. The van der Waals surface area contributed by atoms with Gasteiger partial charge in [-0.3, -0.25) is 9.55 Å². The molecular weight excluding hydrogens is 719 g/mol. The predicted molar refractivity (Wildman–Crippen MR) is 249 cm³/mol. The summed E-state index contributed by atoms with van der Waals surface area (Å²) in [4.78, 5) is 10.5.